The number of hydrogen-bond acceptors (Lipinski definition) is 3. The highest BCUT2D eigenvalue weighted by Crippen LogP contribution is 2.46. The average Bonchev–Trinajstić information content (AvgIpc) is 2.85. The lowest BCUT2D eigenvalue weighted by molar-refractivity contribution is -0.385. The molecule has 2 fully saturated rings. The van der Waals surface area contributed by atoms with E-state index in [-0.39, 0.29) is 10.6 Å². The summed E-state index contributed by atoms with van der Waals surface area (Å²) in [6.45, 7) is 0. The first kappa shape index (κ1) is 9.81. The zero-order valence-electron chi connectivity index (χ0n) is 9.08. The molecule has 0 saturated heterocycles. The maximum Gasteiger partial charge on any atom is 0.307 e. The highest BCUT2D eigenvalue weighted by atomic mass is 16.6. The van der Waals surface area contributed by atoms with Gasteiger partial charge in [-0.05, 0) is 31.1 Å². The quantitative estimate of drug-likeness (QED) is 0.569. The standard InChI is InChI=1S/C11H15N3O2/c15-14(16)11-6-12-13(7-11)10-4-8-1-2-9(3-8)5-10/h6-10H,1-5H2/t8-,9+,10+. The Balaban J connectivity index is 1.79. The van der Waals surface area contributed by atoms with Crippen molar-refractivity contribution in [3.8, 4) is 0 Å². The van der Waals surface area contributed by atoms with Crippen LogP contribution in [0.1, 0.15) is 38.1 Å². The van der Waals surface area contributed by atoms with Crippen molar-refractivity contribution < 1.29 is 4.92 Å². The molecular formula is C11H15N3O2. The molecule has 0 radical (unpaired) electrons. The van der Waals surface area contributed by atoms with Gasteiger partial charge in [-0.1, -0.05) is 12.8 Å². The minimum Gasteiger partial charge on any atom is -0.263 e. The predicted octanol–water partition coefficient (Wildman–Crippen LogP) is 2.54. The molecule has 2 bridgehead atoms. The molecular weight excluding hydrogens is 206 g/mol. The molecule has 2 saturated carbocycles. The first-order chi connectivity index (χ1) is 7.72. The summed E-state index contributed by atoms with van der Waals surface area (Å²) in [7, 11) is 0. The zero-order valence-corrected chi connectivity index (χ0v) is 9.08. The van der Waals surface area contributed by atoms with Crippen molar-refractivity contribution in [2.75, 3.05) is 0 Å². The van der Waals surface area contributed by atoms with Gasteiger partial charge < -0.3 is 0 Å². The lowest BCUT2D eigenvalue weighted by Gasteiger charge is -2.27. The van der Waals surface area contributed by atoms with Gasteiger partial charge in [0, 0.05) is 0 Å². The minimum atomic E-state index is -0.374. The third-order valence-corrected chi connectivity index (χ3v) is 4.03. The van der Waals surface area contributed by atoms with Crippen LogP contribution in [0.25, 0.3) is 0 Å². The summed E-state index contributed by atoms with van der Waals surface area (Å²) < 4.78 is 1.81. The lowest BCUT2D eigenvalue weighted by atomic mass is 9.85. The molecule has 0 amide bonds. The van der Waals surface area contributed by atoms with Crippen molar-refractivity contribution in [1.29, 1.82) is 0 Å². The molecule has 3 atom stereocenters. The minimum absolute atomic E-state index is 0.109. The molecule has 2 aliphatic carbocycles. The van der Waals surface area contributed by atoms with E-state index in [1.165, 1.54) is 25.5 Å². The Hall–Kier alpha value is -1.39. The highest BCUT2D eigenvalue weighted by molar-refractivity contribution is 5.21. The van der Waals surface area contributed by atoms with Gasteiger partial charge in [-0.2, -0.15) is 5.10 Å². The van der Waals surface area contributed by atoms with Gasteiger partial charge in [0.1, 0.15) is 12.4 Å². The first-order valence-electron chi connectivity index (χ1n) is 5.91. The monoisotopic (exact) mass is 221 g/mol. The van der Waals surface area contributed by atoms with Gasteiger partial charge in [-0.15, -0.1) is 0 Å². The molecule has 3 rings (SSSR count). The summed E-state index contributed by atoms with van der Waals surface area (Å²) >= 11 is 0. The Morgan fingerprint density at radius 2 is 2.00 bits per heavy atom. The molecule has 86 valence electrons. The molecule has 0 aromatic carbocycles. The summed E-state index contributed by atoms with van der Waals surface area (Å²) in [5.41, 5.74) is 0.109. The molecule has 1 aromatic heterocycles. The number of rotatable bonds is 2. The SMILES string of the molecule is O=[N+]([O-])c1cnn([C@H]2C[C@@H]3CC[C@@H](C3)C2)c1. The molecule has 16 heavy (non-hydrogen) atoms. The van der Waals surface area contributed by atoms with E-state index in [0.717, 1.165) is 24.7 Å². The predicted molar refractivity (Wildman–Crippen MR) is 58.0 cm³/mol. The third kappa shape index (κ3) is 1.60. The molecule has 0 N–H and O–H groups in total. The molecule has 0 spiro atoms. The van der Waals surface area contributed by atoms with Crippen molar-refractivity contribution in [2.24, 2.45) is 11.8 Å². The molecule has 5 heteroatoms. The maximum absolute atomic E-state index is 10.6. The Morgan fingerprint density at radius 3 is 2.56 bits per heavy atom. The smallest absolute Gasteiger partial charge is 0.263 e. The zero-order chi connectivity index (χ0) is 11.1. The van der Waals surface area contributed by atoms with Crippen LogP contribution >= 0.6 is 0 Å². The van der Waals surface area contributed by atoms with Crippen molar-refractivity contribution in [1.82, 2.24) is 9.78 Å². The number of aromatic nitrogens is 2. The van der Waals surface area contributed by atoms with Crippen LogP contribution in [0.15, 0.2) is 12.4 Å². The Morgan fingerprint density at radius 1 is 1.31 bits per heavy atom. The molecule has 0 unspecified atom stereocenters. The van der Waals surface area contributed by atoms with E-state index < -0.39 is 0 Å². The second-order valence-corrected chi connectivity index (χ2v) is 5.11. The second-order valence-electron chi connectivity index (χ2n) is 5.11. The number of hydrogen-bond donors (Lipinski definition) is 0. The number of fused-ring (bicyclic) bond motifs is 2. The van der Waals surface area contributed by atoms with E-state index >= 15 is 0 Å². The fourth-order valence-corrected chi connectivity index (χ4v) is 3.31. The van der Waals surface area contributed by atoms with Crippen molar-refractivity contribution >= 4 is 5.69 Å². The van der Waals surface area contributed by atoms with Gasteiger partial charge in [0.25, 0.3) is 0 Å². The summed E-state index contributed by atoms with van der Waals surface area (Å²) in [6.07, 6.45) is 9.27. The molecule has 1 aromatic rings. The van der Waals surface area contributed by atoms with E-state index in [2.05, 4.69) is 5.10 Å². The topological polar surface area (TPSA) is 61.0 Å². The summed E-state index contributed by atoms with van der Waals surface area (Å²) in [6, 6.07) is 0.389. The molecule has 2 aliphatic rings. The Labute approximate surface area is 93.6 Å². The van der Waals surface area contributed by atoms with Crippen LogP contribution in [0.2, 0.25) is 0 Å². The largest absolute Gasteiger partial charge is 0.307 e. The summed E-state index contributed by atoms with van der Waals surface area (Å²) in [4.78, 5) is 10.2. The van der Waals surface area contributed by atoms with Crippen LogP contribution in [-0.4, -0.2) is 14.7 Å². The highest BCUT2D eigenvalue weighted by Gasteiger charge is 2.35. The number of nitro groups is 1. The third-order valence-electron chi connectivity index (χ3n) is 4.03. The maximum atomic E-state index is 10.6. The van der Waals surface area contributed by atoms with Crippen molar-refractivity contribution in [3.63, 3.8) is 0 Å². The van der Waals surface area contributed by atoms with Gasteiger partial charge in [-0.3, -0.25) is 14.8 Å². The van der Waals surface area contributed by atoms with Crippen LogP contribution in [0.5, 0.6) is 0 Å². The Bertz CT molecular complexity index is 403. The summed E-state index contributed by atoms with van der Waals surface area (Å²) in [5, 5.41) is 14.7. The van der Waals surface area contributed by atoms with Crippen LogP contribution < -0.4 is 0 Å². The van der Waals surface area contributed by atoms with E-state index in [1.54, 1.807) is 6.20 Å². The van der Waals surface area contributed by atoms with Crippen LogP contribution in [0.4, 0.5) is 5.69 Å². The second kappa shape index (κ2) is 3.57. The lowest BCUT2D eigenvalue weighted by Crippen LogP contribution is -2.19. The van der Waals surface area contributed by atoms with Crippen LogP contribution in [-0.2, 0) is 0 Å². The van der Waals surface area contributed by atoms with Gasteiger partial charge >= 0.3 is 5.69 Å². The normalized spacial score (nSPS) is 32.9. The van der Waals surface area contributed by atoms with E-state index in [9.17, 15) is 10.1 Å². The Kier molecular flexibility index (Phi) is 2.19. The van der Waals surface area contributed by atoms with E-state index in [1.807, 2.05) is 4.68 Å². The number of nitrogens with zero attached hydrogens (tertiary/aromatic N) is 3. The molecule has 1 heterocycles. The van der Waals surface area contributed by atoms with Crippen LogP contribution in [0.3, 0.4) is 0 Å². The van der Waals surface area contributed by atoms with Crippen molar-refractivity contribution in [3.05, 3.63) is 22.5 Å². The average molecular weight is 221 g/mol. The van der Waals surface area contributed by atoms with Gasteiger partial charge in [0.15, 0.2) is 0 Å². The van der Waals surface area contributed by atoms with Crippen LogP contribution in [0, 0.1) is 22.0 Å². The summed E-state index contributed by atoms with van der Waals surface area (Å²) in [5.74, 6) is 1.65. The fraction of sp³-hybridized carbons (Fsp3) is 0.727. The van der Waals surface area contributed by atoms with E-state index in [0.29, 0.717) is 6.04 Å². The molecule has 0 aliphatic heterocycles. The first-order valence-corrected chi connectivity index (χ1v) is 5.91. The van der Waals surface area contributed by atoms with E-state index in [4.69, 9.17) is 0 Å². The molecule has 5 nitrogen and oxygen atoms in total. The van der Waals surface area contributed by atoms with Gasteiger partial charge in [0.05, 0.1) is 11.0 Å². The van der Waals surface area contributed by atoms with Gasteiger partial charge in [-0.25, -0.2) is 0 Å². The van der Waals surface area contributed by atoms with Gasteiger partial charge in [0.2, 0.25) is 0 Å². The van der Waals surface area contributed by atoms with Crippen molar-refractivity contribution in [2.45, 2.75) is 38.1 Å². The fourth-order valence-electron chi connectivity index (χ4n) is 3.31.